The van der Waals surface area contributed by atoms with E-state index >= 15 is 0 Å². The minimum absolute atomic E-state index is 0.665. The van der Waals surface area contributed by atoms with E-state index in [4.69, 9.17) is 4.98 Å². The summed E-state index contributed by atoms with van der Waals surface area (Å²) in [5.74, 6) is 2.14. The second-order valence-electron chi connectivity index (χ2n) is 6.21. The molecular formula is C16H22N4. The van der Waals surface area contributed by atoms with Gasteiger partial charge in [-0.15, -0.1) is 0 Å². The smallest absolute Gasteiger partial charge is 0.160 e. The van der Waals surface area contributed by atoms with E-state index in [1.54, 1.807) is 0 Å². The van der Waals surface area contributed by atoms with E-state index in [9.17, 15) is 0 Å². The van der Waals surface area contributed by atoms with Gasteiger partial charge in [0.2, 0.25) is 0 Å². The molecule has 1 N–H and O–H groups in total. The van der Waals surface area contributed by atoms with E-state index in [2.05, 4.69) is 20.9 Å². The molecule has 4 heteroatoms. The summed E-state index contributed by atoms with van der Waals surface area (Å²) in [5.41, 5.74) is 2.16. The number of aryl methyl sites for hydroxylation is 1. The molecule has 0 unspecified atom stereocenters. The third-order valence-electron chi connectivity index (χ3n) is 4.67. The summed E-state index contributed by atoms with van der Waals surface area (Å²) >= 11 is 0. The zero-order valence-electron chi connectivity index (χ0n) is 11.9. The van der Waals surface area contributed by atoms with Crippen molar-refractivity contribution in [2.75, 3.05) is 13.1 Å². The molecule has 0 amide bonds. The second-order valence-corrected chi connectivity index (χ2v) is 6.21. The van der Waals surface area contributed by atoms with Crippen LogP contribution in [0.3, 0.4) is 0 Å². The standard InChI is InChI=1S/C16H22N4/c1-2-14-16(18-9-1)20(13-4-5-13)15(19-14)6-3-12-7-10-17-11-8-12/h1-2,9,12-13,17H,3-8,10-11H2. The van der Waals surface area contributed by atoms with Crippen molar-refractivity contribution in [1.29, 1.82) is 0 Å². The molecule has 1 aliphatic heterocycles. The van der Waals surface area contributed by atoms with Gasteiger partial charge in [0, 0.05) is 18.7 Å². The first-order chi connectivity index (χ1) is 9.92. The molecule has 2 aromatic rings. The van der Waals surface area contributed by atoms with Crippen molar-refractivity contribution in [3.05, 3.63) is 24.2 Å². The number of aromatic nitrogens is 3. The van der Waals surface area contributed by atoms with Crippen molar-refractivity contribution in [2.24, 2.45) is 5.92 Å². The molecule has 2 fully saturated rings. The molecule has 0 spiro atoms. The van der Waals surface area contributed by atoms with Crippen molar-refractivity contribution < 1.29 is 0 Å². The average molecular weight is 270 g/mol. The first-order valence-electron chi connectivity index (χ1n) is 7.94. The Bertz CT molecular complexity index is 594. The summed E-state index contributed by atoms with van der Waals surface area (Å²) in [5, 5.41) is 3.44. The van der Waals surface area contributed by atoms with Gasteiger partial charge in [-0.25, -0.2) is 9.97 Å². The first-order valence-corrected chi connectivity index (χ1v) is 7.94. The highest BCUT2D eigenvalue weighted by molar-refractivity contribution is 5.71. The van der Waals surface area contributed by atoms with Gasteiger partial charge in [-0.05, 0) is 63.2 Å². The van der Waals surface area contributed by atoms with Crippen LogP contribution in [-0.2, 0) is 6.42 Å². The molecule has 0 radical (unpaired) electrons. The number of piperidine rings is 1. The van der Waals surface area contributed by atoms with Gasteiger partial charge in [0.25, 0.3) is 0 Å². The number of imidazole rings is 1. The molecule has 20 heavy (non-hydrogen) atoms. The lowest BCUT2D eigenvalue weighted by Crippen LogP contribution is -2.28. The van der Waals surface area contributed by atoms with Crippen LogP contribution < -0.4 is 5.32 Å². The third-order valence-corrected chi connectivity index (χ3v) is 4.67. The highest BCUT2D eigenvalue weighted by Crippen LogP contribution is 2.38. The molecule has 2 aromatic heterocycles. The Hall–Kier alpha value is -1.42. The largest absolute Gasteiger partial charge is 0.317 e. The zero-order chi connectivity index (χ0) is 13.4. The van der Waals surface area contributed by atoms with E-state index < -0.39 is 0 Å². The van der Waals surface area contributed by atoms with Crippen LogP contribution in [0.1, 0.15) is 44.0 Å². The molecule has 1 saturated carbocycles. The Morgan fingerprint density at radius 2 is 2.05 bits per heavy atom. The summed E-state index contributed by atoms with van der Waals surface area (Å²) in [4.78, 5) is 9.39. The Balaban J connectivity index is 1.57. The molecule has 4 rings (SSSR count). The van der Waals surface area contributed by atoms with E-state index in [1.807, 2.05) is 12.3 Å². The Labute approximate surface area is 119 Å². The van der Waals surface area contributed by atoms with Crippen molar-refractivity contribution in [1.82, 2.24) is 19.9 Å². The molecule has 0 bridgehead atoms. The van der Waals surface area contributed by atoms with Crippen molar-refractivity contribution in [3.63, 3.8) is 0 Å². The summed E-state index contributed by atoms with van der Waals surface area (Å²) < 4.78 is 2.41. The Morgan fingerprint density at radius 1 is 1.20 bits per heavy atom. The predicted octanol–water partition coefficient (Wildman–Crippen LogP) is 2.70. The Kier molecular flexibility index (Phi) is 3.19. The van der Waals surface area contributed by atoms with Gasteiger partial charge in [0.05, 0.1) is 0 Å². The molecule has 0 aromatic carbocycles. The number of hydrogen-bond acceptors (Lipinski definition) is 3. The number of rotatable bonds is 4. The number of nitrogens with zero attached hydrogens (tertiary/aromatic N) is 3. The fourth-order valence-corrected chi connectivity index (χ4v) is 3.37. The second kappa shape index (κ2) is 5.17. The number of hydrogen-bond donors (Lipinski definition) is 1. The van der Waals surface area contributed by atoms with Gasteiger partial charge in [-0.3, -0.25) is 0 Å². The van der Waals surface area contributed by atoms with Crippen LogP contribution in [-0.4, -0.2) is 27.6 Å². The van der Waals surface area contributed by atoms with Gasteiger partial charge in [-0.1, -0.05) is 0 Å². The van der Waals surface area contributed by atoms with E-state index in [1.165, 1.54) is 51.0 Å². The van der Waals surface area contributed by atoms with Crippen molar-refractivity contribution in [3.8, 4) is 0 Å². The average Bonchev–Trinajstić information content (AvgIpc) is 3.27. The topological polar surface area (TPSA) is 42.7 Å². The summed E-state index contributed by atoms with van der Waals surface area (Å²) in [6, 6.07) is 4.75. The number of nitrogens with one attached hydrogen (secondary N) is 1. The first kappa shape index (κ1) is 12.3. The van der Waals surface area contributed by atoms with Gasteiger partial charge >= 0.3 is 0 Å². The molecule has 1 saturated heterocycles. The molecule has 2 aliphatic rings. The van der Waals surface area contributed by atoms with Gasteiger partial charge < -0.3 is 9.88 Å². The summed E-state index contributed by atoms with van der Waals surface area (Å²) in [6.07, 6.45) is 9.50. The lowest BCUT2D eigenvalue weighted by Gasteiger charge is -2.22. The maximum absolute atomic E-state index is 4.84. The van der Waals surface area contributed by atoms with E-state index in [-0.39, 0.29) is 0 Å². The van der Waals surface area contributed by atoms with Crippen molar-refractivity contribution in [2.45, 2.75) is 44.6 Å². The quantitative estimate of drug-likeness (QED) is 0.929. The van der Waals surface area contributed by atoms with Crippen LogP contribution in [0.2, 0.25) is 0 Å². The molecule has 1 aliphatic carbocycles. The molecule has 3 heterocycles. The number of pyridine rings is 1. The van der Waals surface area contributed by atoms with Crippen LogP contribution >= 0.6 is 0 Å². The van der Waals surface area contributed by atoms with Gasteiger partial charge in [-0.2, -0.15) is 0 Å². The molecule has 106 valence electrons. The minimum atomic E-state index is 0.665. The maximum atomic E-state index is 4.84. The van der Waals surface area contributed by atoms with Crippen LogP contribution in [0.25, 0.3) is 11.2 Å². The molecular weight excluding hydrogens is 248 g/mol. The van der Waals surface area contributed by atoms with Crippen LogP contribution in [0.15, 0.2) is 18.3 Å². The summed E-state index contributed by atoms with van der Waals surface area (Å²) in [7, 11) is 0. The SMILES string of the molecule is c1cnc2c(c1)nc(CCC1CCNCC1)n2C1CC1. The molecule has 0 atom stereocenters. The normalized spacial score (nSPS) is 20.6. The lowest BCUT2D eigenvalue weighted by atomic mass is 9.93. The monoisotopic (exact) mass is 270 g/mol. The number of fused-ring (bicyclic) bond motifs is 1. The van der Waals surface area contributed by atoms with Crippen LogP contribution in [0, 0.1) is 5.92 Å². The Morgan fingerprint density at radius 3 is 2.85 bits per heavy atom. The maximum Gasteiger partial charge on any atom is 0.160 e. The van der Waals surface area contributed by atoms with E-state index in [0.29, 0.717) is 6.04 Å². The van der Waals surface area contributed by atoms with Crippen LogP contribution in [0.5, 0.6) is 0 Å². The van der Waals surface area contributed by atoms with E-state index in [0.717, 1.165) is 23.5 Å². The molecule has 4 nitrogen and oxygen atoms in total. The van der Waals surface area contributed by atoms with Gasteiger partial charge in [0.15, 0.2) is 5.65 Å². The highest BCUT2D eigenvalue weighted by Gasteiger charge is 2.28. The fourth-order valence-electron chi connectivity index (χ4n) is 3.37. The predicted molar refractivity (Wildman–Crippen MR) is 79.7 cm³/mol. The van der Waals surface area contributed by atoms with Gasteiger partial charge in [0.1, 0.15) is 11.3 Å². The zero-order valence-corrected chi connectivity index (χ0v) is 11.9. The van der Waals surface area contributed by atoms with Crippen LogP contribution in [0.4, 0.5) is 0 Å². The van der Waals surface area contributed by atoms with Crippen molar-refractivity contribution >= 4 is 11.2 Å². The third kappa shape index (κ3) is 2.33. The highest BCUT2D eigenvalue weighted by atomic mass is 15.2. The minimum Gasteiger partial charge on any atom is -0.317 e. The fraction of sp³-hybridized carbons (Fsp3) is 0.625. The lowest BCUT2D eigenvalue weighted by molar-refractivity contribution is 0.351. The summed E-state index contributed by atoms with van der Waals surface area (Å²) in [6.45, 7) is 2.37.